The first-order valence-corrected chi connectivity index (χ1v) is 10.4. The SMILES string of the molecule is Cc1ccc(C(=O)c2ccc(N3CCC(Oc4ncccc4F)C3)c(CCO)c2)cc1. The summed E-state index contributed by atoms with van der Waals surface area (Å²) >= 11 is 0. The number of rotatable bonds is 7. The van der Waals surface area contributed by atoms with E-state index in [-0.39, 0.29) is 24.4 Å². The number of hydrogen-bond acceptors (Lipinski definition) is 5. The Kier molecular flexibility index (Phi) is 6.28. The average Bonchev–Trinajstić information content (AvgIpc) is 3.24. The molecule has 3 aromatic rings. The highest BCUT2D eigenvalue weighted by atomic mass is 19.1. The number of hydrogen-bond donors (Lipinski definition) is 1. The fraction of sp³-hybridized carbons (Fsp3) is 0.280. The largest absolute Gasteiger partial charge is 0.470 e. The molecule has 0 radical (unpaired) electrons. The summed E-state index contributed by atoms with van der Waals surface area (Å²) in [7, 11) is 0. The smallest absolute Gasteiger partial charge is 0.250 e. The van der Waals surface area contributed by atoms with Crippen molar-refractivity contribution in [2.75, 3.05) is 24.6 Å². The molecule has 0 saturated carbocycles. The molecule has 1 N–H and O–H groups in total. The second-order valence-electron chi connectivity index (χ2n) is 7.78. The molecule has 160 valence electrons. The van der Waals surface area contributed by atoms with Gasteiger partial charge in [0.25, 0.3) is 5.88 Å². The van der Waals surface area contributed by atoms with Gasteiger partial charge < -0.3 is 14.7 Å². The van der Waals surface area contributed by atoms with Crippen molar-refractivity contribution in [3.63, 3.8) is 0 Å². The number of halogens is 1. The summed E-state index contributed by atoms with van der Waals surface area (Å²) in [4.78, 5) is 19.0. The van der Waals surface area contributed by atoms with Crippen LogP contribution in [0, 0.1) is 12.7 Å². The molecular weight excluding hydrogens is 395 g/mol. The Labute approximate surface area is 181 Å². The first-order chi connectivity index (χ1) is 15.0. The molecule has 1 fully saturated rings. The number of carbonyl (C=O) groups excluding carboxylic acids is 1. The van der Waals surface area contributed by atoms with Gasteiger partial charge in [-0.2, -0.15) is 0 Å². The van der Waals surface area contributed by atoms with E-state index in [0.717, 1.165) is 29.8 Å². The van der Waals surface area contributed by atoms with Crippen molar-refractivity contribution in [2.45, 2.75) is 25.9 Å². The standard InChI is InChI=1S/C25H25FN2O3/c1-17-4-6-18(7-5-17)24(30)20-8-9-23(19(15-20)11-14-29)28-13-10-21(16-28)31-25-22(26)3-2-12-27-25/h2-9,12,15,21,29H,10-11,13-14,16H2,1H3. The van der Waals surface area contributed by atoms with Gasteiger partial charge in [0.1, 0.15) is 6.10 Å². The Morgan fingerprint density at radius 2 is 1.97 bits per heavy atom. The summed E-state index contributed by atoms with van der Waals surface area (Å²) < 4.78 is 19.6. The van der Waals surface area contributed by atoms with Gasteiger partial charge >= 0.3 is 0 Å². The monoisotopic (exact) mass is 420 g/mol. The summed E-state index contributed by atoms with van der Waals surface area (Å²) in [5.41, 5.74) is 4.20. The van der Waals surface area contributed by atoms with Crippen molar-refractivity contribution >= 4 is 11.5 Å². The number of aryl methyl sites for hydroxylation is 1. The molecule has 6 heteroatoms. The van der Waals surface area contributed by atoms with Crippen LogP contribution in [-0.4, -0.2) is 41.7 Å². The molecule has 2 aromatic carbocycles. The van der Waals surface area contributed by atoms with E-state index in [2.05, 4.69) is 9.88 Å². The molecule has 5 nitrogen and oxygen atoms in total. The highest BCUT2D eigenvalue weighted by Gasteiger charge is 2.27. The van der Waals surface area contributed by atoms with E-state index < -0.39 is 5.82 Å². The van der Waals surface area contributed by atoms with Crippen LogP contribution < -0.4 is 9.64 Å². The van der Waals surface area contributed by atoms with Gasteiger partial charge in [0.2, 0.25) is 0 Å². The third-order valence-electron chi connectivity index (χ3n) is 5.53. The average molecular weight is 420 g/mol. The zero-order valence-corrected chi connectivity index (χ0v) is 17.4. The molecule has 1 aliphatic rings. The summed E-state index contributed by atoms with van der Waals surface area (Å²) in [6, 6.07) is 16.0. The fourth-order valence-corrected chi connectivity index (χ4v) is 3.89. The van der Waals surface area contributed by atoms with Gasteiger partial charge in [0.15, 0.2) is 11.6 Å². The molecule has 1 unspecified atom stereocenters. The number of aliphatic hydroxyl groups excluding tert-OH is 1. The van der Waals surface area contributed by atoms with Gasteiger partial charge in [-0.3, -0.25) is 4.79 Å². The Morgan fingerprint density at radius 3 is 2.71 bits per heavy atom. The molecule has 0 amide bonds. The zero-order chi connectivity index (χ0) is 21.8. The predicted molar refractivity (Wildman–Crippen MR) is 117 cm³/mol. The van der Waals surface area contributed by atoms with Crippen LogP contribution in [0.3, 0.4) is 0 Å². The molecule has 0 aliphatic carbocycles. The Hall–Kier alpha value is -3.25. The number of carbonyl (C=O) groups is 1. The van der Waals surface area contributed by atoms with Crippen LogP contribution in [-0.2, 0) is 6.42 Å². The minimum atomic E-state index is -0.471. The van der Waals surface area contributed by atoms with Crippen LogP contribution in [0.5, 0.6) is 5.88 Å². The number of pyridine rings is 1. The van der Waals surface area contributed by atoms with E-state index in [1.807, 2.05) is 49.4 Å². The first kappa shape index (κ1) is 21.0. The quantitative estimate of drug-likeness (QED) is 0.587. The third kappa shape index (κ3) is 4.75. The van der Waals surface area contributed by atoms with E-state index in [0.29, 0.717) is 24.1 Å². The van der Waals surface area contributed by atoms with Gasteiger partial charge in [-0.25, -0.2) is 9.37 Å². The number of aliphatic hydroxyl groups is 1. The maximum absolute atomic E-state index is 13.8. The highest BCUT2D eigenvalue weighted by molar-refractivity contribution is 6.09. The summed E-state index contributed by atoms with van der Waals surface area (Å²) in [5, 5.41) is 9.56. The van der Waals surface area contributed by atoms with Crippen molar-refractivity contribution in [3.8, 4) is 5.88 Å². The minimum absolute atomic E-state index is 0.0118. The van der Waals surface area contributed by atoms with Crippen molar-refractivity contribution in [2.24, 2.45) is 0 Å². The van der Waals surface area contributed by atoms with Crippen LogP contribution in [0.2, 0.25) is 0 Å². The molecule has 31 heavy (non-hydrogen) atoms. The van der Waals surface area contributed by atoms with E-state index >= 15 is 0 Å². The van der Waals surface area contributed by atoms with Gasteiger partial charge in [0.05, 0.1) is 6.54 Å². The maximum atomic E-state index is 13.8. The molecule has 1 atom stereocenters. The van der Waals surface area contributed by atoms with Gasteiger partial charge in [-0.15, -0.1) is 0 Å². The summed E-state index contributed by atoms with van der Waals surface area (Å²) in [6.45, 7) is 3.29. The molecular formula is C25H25FN2O3. The van der Waals surface area contributed by atoms with E-state index in [1.54, 1.807) is 0 Å². The maximum Gasteiger partial charge on any atom is 0.250 e. The minimum Gasteiger partial charge on any atom is -0.470 e. The topological polar surface area (TPSA) is 62.7 Å². The van der Waals surface area contributed by atoms with Gasteiger partial charge in [-0.05, 0) is 49.2 Å². The van der Waals surface area contributed by atoms with Crippen molar-refractivity contribution in [1.29, 1.82) is 0 Å². The first-order valence-electron chi connectivity index (χ1n) is 10.4. The van der Waals surface area contributed by atoms with Crippen LogP contribution >= 0.6 is 0 Å². The molecule has 0 bridgehead atoms. The van der Waals surface area contributed by atoms with Crippen molar-refractivity contribution < 1.29 is 19.0 Å². The number of anilines is 1. The number of ether oxygens (including phenoxy) is 1. The van der Waals surface area contributed by atoms with Crippen LogP contribution in [0.25, 0.3) is 0 Å². The van der Waals surface area contributed by atoms with E-state index in [4.69, 9.17) is 4.74 Å². The molecule has 0 spiro atoms. The van der Waals surface area contributed by atoms with E-state index in [9.17, 15) is 14.3 Å². The number of ketones is 1. The van der Waals surface area contributed by atoms with Crippen molar-refractivity contribution in [3.05, 3.63) is 88.9 Å². The lowest BCUT2D eigenvalue weighted by molar-refractivity contribution is 0.103. The molecule has 4 rings (SSSR count). The van der Waals surface area contributed by atoms with Crippen LogP contribution in [0.15, 0.2) is 60.8 Å². The lowest BCUT2D eigenvalue weighted by atomic mass is 9.98. The van der Waals surface area contributed by atoms with Crippen LogP contribution in [0.1, 0.15) is 33.5 Å². The zero-order valence-electron chi connectivity index (χ0n) is 17.4. The highest BCUT2D eigenvalue weighted by Crippen LogP contribution is 2.29. The number of aromatic nitrogens is 1. The number of nitrogens with zero attached hydrogens (tertiary/aromatic N) is 2. The predicted octanol–water partition coefficient (Wildman–Crippen LogP) is 3.95. The lowest BCUT2D eigenvalue weighted by Gasteiger charge is -2.22. The summed E-state index contributed by atoms with van der Waals surface area (Å²) in [6.07, 6.45) is 2.51. The summed E-state index contributed by atoms with van der Waals surface area (Å²) in [5.74, 6) is -0.496. The molecule has 2 heterocycles. The van der Waals surface area contributed by atoms with Gasteiger partial charge in [-0.1, -0.05) is 29.8 Å². The Balaban J connectivity index is 1.52. The van der Waals surface area contributed by atoms with Crippen LogP contribution in [0.4, 0.5) is 10.1 Å². The molecule has 1 saturated heterocycles. The normalized spacial score (nSPS) is 15.8. The Morgan fingerprint density at radius 1 is 1.19 bits per heavy atom. The van der Waals surface area contributed by atoms with E-state index in [1.165, 1.54) is 18.3 Å². The number of benzene rings is 2. The second-order valence-corrected chi connectivity index (χ2v) is 7.78. The third-order valence-corrected chi connectivity index (χ3v) is 5.53. The second kappa shape index (κ2) is 9.27. The molecule has 1 aromatic heterocycles. The fourth-order valence-electron chi connectivity index (χ4n) is 3.89. The Bertz CT molecular complexity index is 1070. The lowest BCUT2D eigenvalue weighted by Crippen LogP contribution is -2.26. The van der Waals surface area contributed by atoms with Gasteiger partial charge in [0, 0.05) is 42.6 Å². The van der Waals surface area contributed by atoms with Crippen molar-refractivity contribution in [1.82, 2.24) is 4.98 Å². The molecule has 1 aliphatic heterocycles.